The number of benzene rings is 3. The van der Waals surface area contributed by atoms with Crippen LogP contribution < -0.4 is 20.9 Å². The van der Waals surface area contributed by atoms with E-state index >= 15 is 0 Å². The predicted octanol–water partition coefficient (Wildman–Crippen LogP) is 4.46. The molecule has 0 aromatic heterocycles. The Morgan fingerprint density at radius 2 is 1.57 bits per heavy atom. The van der Waals surface area contributed by atoms with Gasteiger partial charge in [0.1, 0.15) is 0 Å². The summed E-state index contributed by atoms with van der Waals surface area (Å²) in [6.07, 6.45) is 2.00. The molecular weight excluding hydrogens is 468 g/mol. The molecule has 1 unspecified atom stereocenters. The zero-order valence-corrected chi connectivity index (χ0v) is 20.7. The average molecular weight is 499 g/mol. The lowest BCUT2D eigenvalue weighted by molar-refractivity contribution is -0.122. The summed E-state index contributed by atoms with van der Waals surface area (Å²) in [5, 5.41) is 8.50. The van der Waals surface area contributed by atoms with Crippen LogP contribution in [0.25, 0.3) is 0 Å². The van der Waals surface area contributed by atoms with Crippen molar-refractivity contribution in [2.45, 2.75) is 26.2 Å². The molecule has 0 saturated carbocycles. The minimum Gasteiger partial charge on any atom is -0.352 e. The monoisotopic (exact) mass is 498 g/mol. The van der Waals surface area contributed by atoms with Crippen LogP contribution in [-0.4, -0.2) is 36.7 Å². The number of nitrogens with one attached hydrogen (secondary N) is 3. The van der Waals surface area contributed by atoms with Gasteiger partial charge in [0.2, 0.25) is 11.8 Å². The van der Waals surface area contributed by atoms with Crippen molar-refractivity contribution >= 4 is 40.7 Å². The number of unbranched alkanes of at least 4 members (excludes halogenated alkanes) is 1. The number of hydrogen-bond acceptors (Lipinski definition) is 4. The van der Waals surface area contributed by atoms with Crippen molar-refractivity contribution in [3.05, 3.63) is 90.0 Å². The van der Waals surface area contributed by atoms with Gasteiger partial charge in [-0.2, -0.15) is 0 Å². The Hall–Kier alpha value is -4.46. The van der Waals surface area contributed by atoms with Gasteiger partial charge in [-0.1, -0.05) is 43.7 Å². The highest BCUT2D eigenvalue weighted by Gasteiger charge is 2.35. The Balaban J connectivity index is 1.35. The Bertz CT molecular complexity index is 1270. The van der Waals surface area contributed by atoms with Crippen LogP contribution in [0, 0.1) is 5.92 Å². The number of carbonyl (C=O) groups excluding carboxylic acids is 4. The molecule has 3 N–H and O–H groups in total. The zero-order valence-electron chi connectivity index (χ0n) is 20.7. The van der Waals surface area contributed by atoms with Crippen molar-refractivity contribution in [2.24, 2.45) is 5.92 Å². The van der Waals surface area contributed by atoms with E-state index in [-0.39, 0.29) is 30.0 Å². The molecule has 0 aliphatic carbocycles. The molecule has 37 heavy (non-hydrogen) atoms. The Kier molecular flexibility index (Phi) is 8.30. The van der Waals surface area contributed by atoms with Gasteiger partial charge in [0.15, 0.2) is 0 Å². The zero-order chi connectivity index (χ0) is 26.2. The summed E-state index contributed by atoms with van der Waals surface area (Å²) in [6.45, 7) is 2.94. The summed E-state index contributed by atoms with van der Waals surface area (Å²) in [6, 6.07) is 22.6. The first-order valence-electron chi connectivity index (χ1n) is 12.4. The van der Waals surface area contributed by atoms with Gasteiger partial charge in [-0.15, -0.1) is 0 Å². The van der Waals surface area contributed by atoms with Crippen LogP contribution >= 0.6 is 0 Å². The van der Waals surface area contributed by atoms with Crippen LogP contribution in [0.2, 0.25) is 0 Å². The van der Waals surface area contributed by atoms with Crippen molar-refractivity contribution in [1.82, 2.24) is 5.32 Å². The summed E-state index contributed by atoms with van der Waals surface area (Å²) in [5.74, 6) is -1.40. The lowest BCUT2D eigenvalue weighted by Gasteiger charge is -2.16. The fraction of sp³-hybridized carbons (Fsp3) is 0.241. The molecule has 1 aliphatic heterocycles. The molecule has 1 aliphatic rings. The highest BCUT2D eigenvalue weighted by molar-refractivity contribution is 6.09. The van der Waals surface area contributed by atoms with Crippen LogP contribution in [0.1, 0.15) is 46.9 Å². The van der Waals surface area contributed by atoms with Gasteiger partial charge < -0.3 is 20.9 Å². The van der Waals surface area contributed by atoms with E-state index < -0.39 is 5.92 Å². The van der Waals surface area contributed by atoms with E-state index in [0.29, 0.717) is 35.6 Å². The normalized spacial score (nSPS) is 14.8. The lowest BCUT2D eigenvalue weighted by atomic mass is 10.1. The van der Waals surface area contributed by atoms with E-state index in [1.165, 1.54) is 0 Å². The number of nitrogens with zero attached hydrogens (tertiary/aromatic N) is 1. The van der Waals surface area contributed by atoms with Crippen LogP contribution in [0.3, 0.4) is 0 Å². The van der Waals surface area contributed by atoms with Crippen molar-refractivity contribution in [1.29, 1.82) is 0 Å². The summed E-state index contributed by atoms with van der Waals surface area (Å²) >= 11 is 0. The molecule has 3 aromatic rings. The fourth-order valence-electron chi connectivity index (χ4n) is 4.15. The molecular formula is C29H30N4O4. The molecule has 8 heteroatoms. The lowest BCUT2D eigenvalue weighted by Crippen LogP contribution is -2.28. The maximum atomic E-state index is 12.8. The summed E-state index contributed by atoms with van der Waals surface area (Å²) in [5.41, 5.74) is 2.51. The smallest absolute Gasteiger partial charge is 0.255 e. The summed E-state index contributed by atoms with van der Waals surface area (Å²) < 4.78 is 0. The largest absolute Gasteiger partial charge is 0.352 e. The van der Waals surface area contributed by atoms with E-state index in [0.717, 1.165) is 18.5 Å². The molecule has 4 rings (SSSR count). The Morgan fingerprint density at radius 3 is 2.30 bits per heavy atom. The molecule has 1 atom stereocenters. The third-order valence-electron chi connectivity index (χ3n) is 6.21. The first kappa shape index (κ1) is 25.6. The maximum Gasteiger partial charge on any atom is 0.255 e. The van der Waals surface area contributed by atoms with Gasteiger partial charge in [0.05, 0.1) is 17.2 Å². The number of hydrogen-bond donors (Lipinski definition) is 3. The van der Waals surface area contributed by atoms with Crippen molar-refractivity contribution in [3.8, 4) is 0 Å². The van der Waals surface area contributed by atoms with Crippen LogP contribution in [0.4, 0.5) is 17.1 Å². The maximum absolute atomic E-state index is 12.8. The van der Waals surface area contributed by atoms with Crippen molar-refractivity contribution < 1.29 is 19.2 Å². The van der Waals surface area contributed by atoms with Crippen LogP contribution in [0.15, 0.2) is 78.9 Å². The predicted molar refractivity (Wildman–Crippen MR) is 144 cm³/mol. The van der Waals surface area contributed by atoms with E-state index in [9.17, 15) is 19.2 Å². The third kappa shape index (κ3) is 6.41. The molecule has 0 radical (unpaired) electrons. The number of carbonyl (C=O) groups is 4. The van der Waals surface area contributed by atoms with Gasteiger partial charge in [0.25, 0.3) is 11.8 Å². The van der Waals surface area contributed by atoms with Crippen LogP contribution in [0.5, 0.6) is 0 Å². The van der Waals surface area contributed by atoms with E-state index in [1.807, 2.05) is 37.3 Å². The summed E-state index contributed by atoms with van der Waals surface area (Å²) in [7, 11) is 0. The van der Waals surface area contributed by atoms with Gasteiger partial charge in [0, 0.05) is 36.4 Å². The molecule has 4 amide bonds. The number of amides is 4. The van der Waals surface area contributed by atoms with Gasteiger partial charge in [-0.3, -0.25) is 19.2 Å². The molecule has 1 fully saturated rings. The van der Waals surface area contributed by atoms with Gasteiger partial charge in [-0.25, -0.2) is 0 Å². The second-order valence-corrected chi connectivity index (χ2v) is 8.92. The second-order valence-electron chi connectivity index (χ2n) is 8.92. The molecule has 190 valence electrons. The Morgan fingerprint density at radius 1 is 0.865 bits per heavy atom. The minimum atomic E-state index is -0.462. The van der Waals surface area contributed by atoms with Gasteiger partial charge in [-0.05, 0) is 55.0 Å². The SMILES string of the molecule is CCCCNC(=O)c1ccccc1NC(=O)c1ccc(NC(=O)C2CC(=O)N(c3ccccc3)C2)cc1. The van der Waals surface area contributed by atoms with Crippen molar-refractivity contribution in [3.63, 3.8) is 0 Å². The van der Waals surface area contributed by atoms with E-state index in [4.69, 9.17) is 0 Å². The van der Waals surface area contributed by atoms with Gasteiger partial charge >= 0.3 is 0 Å². The summed E-state index contributed by atoms with van der Waals surface area (Å²) in [4.78, 5) is 52.2. The Labute approximate surface area is 216 Å². The highest BCUT2D eigenvalue weighted by atomic mass is 16.2. The van der Waals surface area contributed by atoms with Crippen LogP contribution in [-0.2, 0) is 9.59 Å². The minimum absolute atomic E-state index is 0.0855. The molecule has 1 heterocycles. The first-order valence-corrected chi connectivity index (χ1v) is 12.4. The molecule has 3 aromatic carbocycles. The molecule has 0 bridgehead atoms. The van der Waals surface area contributed by atoms with E-state index in [2.05, 4.69) is 16.0 Å². The standard InChI is InChI=1S/C29H30N4O4/c1-2-3-17-30-29(37)24-11-7-8-12-25(24)32-27(35)20-13-15-22(16-14-20)31-28(36)21-18-26(34)33(19-21)23-9-5-4-6-10-23/h4-16,21H,2-3,17-19H2,1H3,(H,30,37)(H,31,36)(H,32,35). The fourth-order valence-corrected chi connectivity index (χ4v) is 4.15. The van der Waals surface area contributed by atoms with Crippen molar-refractivity contribution in [2.75, 3.05) is 28.6 Å². The number of anilines is 3. The molecule has 0 spiro atoms. The molecule has 1 saturated heterocycles. The quantitative estimate of drug-likeness (QED) is 0.379. The third-order valence-corrected chi connectivity index (χ3v) is 6.21. The van der Waals surface area contributed by atoms with E-state index in [1.54, 1.807) is 53.4 Å². The first-order chi connectivity index (χ1) is 18.0. The average Bonchev–Trinajstić information content (AvgIpc) is 3.31. The molecule has 8 nitrogen and oxygen atoms in total. The highest BCUT2D eigenvalue weighted by Crippen LogP contribution is 2.26. The number of rotatable bonds is 9. The second kappa shape index (κ2) is 12.0. The topological polar surface area (TPSA) is 108 Å². The number of para-hydroxylation sites is 2.